The number of aryl methyl sites for hydroxylation is 2. The number of amides is 1. The molecule has 0 saturated carbocycles. The first-order valence-corrected chi connectivity index (χ1v) is 9.30. The Hall–Kier alpha value is -2.19. The van der Waals surface area contributed by atoms with Gasteiger partial charge in [0.05, 0.1) is 22.9 Å². The molecule has 2 heterocycles. The number of hydrogen-bond donors (Lipinski definition) is 1. The topological polar surface area (TPSA) is 90.3 Å². The fourth-order valence-corrected chi connectivity index (χ4v) is 4.38. The van der Waals surface area contributed by atoms with Crippen LogP contribution in [-0.2, 0) is 30.9 Å². The zero-order valence-corrected chi connectivity index (χ0v) is 14.6. The van der Waals surface area contributed by atoms with E-state index < -0.39 is 9.84 Å². The molecule has 0 atom stereocenters. The van der Waals surface area contributed by atoms with E-state index in [1.807, 2.05) is 32.0 Å². The van der Waals surface area contributed by atoms with Crippen molar-refractivity contribution in [2.24, 2.45) is 0 Å². The first-order valence-electron chi connectivity index (χ1n) is 7.48. The Morgan fingerprint density at radius 2 is 2.08 bits per heavy atom. The predicted octanol–water partition coefficient (Wildman–Crippen LogP) is 1.50. The van der Waals surface area contributed by atoms with Crippen molar-refractivity contribution in [2.45, 2.75) is 25.4 Å². The number of nitrogens with one attached hydrogen (secondary N) is 1. The molecule has 1 N–H and O–H groups in total. The van der Waals surface area contributed by atoms with Crippen molar-refractivity contribution in [3.63, 3.8) is 0 Å². The van der Waals surface area contributed by atoms with E-state index in [9.17, 15) is 13.2 Å². The van der Waals surface area contributed by atoms with Crippen LogP contribution in [0.1, 0.15) is 22.4 Å². The molecule has 7 nitrogen and oxygen atoms in total. The van der Waals surface area contributed by atoms with Crippen LogP contribution in [0.4, 0.5) is 5.82 Å². The fraction of sp³-hybridized carbons (Fsp3) is 0.375. The van der Waals surface area contributed by atoms with Gasteiger partial charge in [-0.15, -0.1) is 0 Å². The van der Waals surface area contributed by atoms with Crippen LogP contribution in [0.5, 0.6) is 0 Å². The number of carbonyl (C=O) groups excluding carboxylic acids is 1. The predicted molar refractivity (Wildman–Crippen MR) is 89.9 cm³/mol. The maximum atomic E-state index is 12.0. The van der Waals surface area contributed by atoms with Crippen molar-refractivity contribution >= 4 is 21.6 Å². The summed E-state index contributed by atoms with van der Waals surface area (Å²) in [5, 5.41) is 7.18. The molecule has 2 aromatic rings. The summed E-state index contributed by atoms with van der Waals surface area (Å²) < 4.78 is 30.2. The van der Waals surface area contributed by atoms with Crippen LogP contribution in [0.3, 0.4) is 0 Å². The van der Waals surface area contributed by atoms with Gasteiger partial charge in [-0.1, -0.05) is 17.7 Å². The molecule has 3 rings (SSSR count). The van der Waals surface area contributed by atoms with Gasteiger partial charge in [0.25, 0.3) is 5.91 Å². The van der Waals surface area contributed by atoms with Crippen molar-refractivity contribution in [1.82, 2.24) is 9.78 Å². The molecule has 8 heteroatoms. The number of hydrogen-bond acceptors (Lipinski definition) is 5. The first kappa shape index (κ1) is 16.7. The van der Waals surface area contributed by atoms with Crippen LogP contribution in [0, 0.1) is 13.8 Å². The molecule has 1 aliphatic heterocycles. The number of fused-ring (bicyclic) bond motifs is 1. The van der Waals surface area contributed by atoms with Crippen LogP contribution in [0.25, 0.3) is 5.69 Å². The molecular weight excluding hydrogens is 330 g/mol. The second-order valence-corrected chi connectivity index (χ2v) is 8.05. The summed E-state index contributed by atoms with van der Waals surface area (Å²) in [6.07, 6.45) is 0. The largest absolute Gasteiger partial charge is 0.375 e. The van der Waals surface area contributed by atoms with E-state index in [0.717, 1.165) is 16.8 Å². The highest BCUT2D eigenvalue weighted by atomic mass is 32.2. The minimum absolute atomic E-state index is 0.104. The lowest BCUT2D eigenvalue weighted by atomic mass is 10.1. The van der Waals surface area contributed by atoms with E-state index in [-0.39, 0.29) is 24.0 Å². The summed E-state index contributed by atoms with van der Waals surface area (Å²) in [4.78, 5) is 12.0. The highest BCUT2D eigenvalue weighted by molar-refractivity contribution is 7.90. The number of methoxy groups -OCH3 is 1. The van der Waals surface area contributed by atoms with Crippen LogP contribution in [0.15, 0.2) is 18.2 Å². The molecule has 128 valence electrons. The van der Waals surface area contributed by atoms with E-state index in [1.165, 1.54) is 7.11 Å². The average molecular weight is 349 g/mol. The van der Waals surface area contributed by atoms with E-state index >= 15 is 0 Å². The van der Waals surface area contributed by atoms with Crippen LogP contribution in [0.2, 0.25) is 0 Å². The Balaban J connectivity index is 2.11. The summed E-state index contributed by atoms with van der Waals surface area (Å²) in [5.41, 5.74) is 3.95. The summed E-state index contributed by atoms with van der Waals surface area (Å²) in [5.74, 6) is -0.168. The minimum Gasteiger partial charge on any atom is -0.375 e. The second-order valence-electron chi connectivity index (χ2n) is 5.99. The number of sulfone groups is 1. The summed E-state index contributed by atoms with van der Waals surface area (Å²) in [6.45, 7) is 3.83. The van der Waals surface area contributed by atoms with Crippen LogP contribution < -0.4 is 5.32 Å². The number of ether oxygens (including phenoxy) is 1. The van der Waals surface area contributed by atoms with Crippen LogP contribution >= 0.6 is 0 Å². The van der Waals surface area contributed by atoms with Gasteiger partial charge in [-0.05, 0) is 25.5 Å². The molecule has 0 bridgehead atoms. The van der Waals surface area contributed by atoms with Gasteiger partial charge < -0.3 is 10.1 Å². The van der Waals surface area contributed by atoms with Crippen molar-refractivity contribution in [3.8, 4) is 5.69 Å². The zero-order valence-electron chi connectivity index (χ0n) is 13.8. The zero-order chi connectivity index (χ0) is 17.5. The maximum Gasteiger partial charge on any atom is 0.251 e. The molecule has 1 amide bonds. The van der Waals surface area contributed by atoms with Gasteiger partial charge in [-0.25, -0.2) is 13.1 Å². The number of carbonyl (C=O) groups is 1. The molecule has 0 saturated heterocycles. The third-order valence-corrected chi connectivity index (χ3v) is 5.34. The Morgan fingerprint density at radius 3 is 2.75 bits per heavy atom. The molecular formula is C16H19N3O4S. The van der Waals surface area contributed by atoms with Gasteiger partial charge in [0.1, 0.15) is 12.4 Å². The van der Waals surface area contributed by atoms with E-state index in [0.29, 0.717) is 17.1 Å². The van der Waals surface area contributed by atoms with Gasteiger partial charge in [-0.3, -0.25) is 4.79 Å². The third kappa shape index (κ3) is 3.07. The molecule has 0 radical (unpaired) electrons. The summed E-state index contributed by atoms with van der Waals surface area (Å²) in [7, 11) is -1.78. The number of benzene rings is 1. The van der Waals surface area contributed by atoms with Gasteiger partial charge in [0.15, 0.2) is 9.84 Å². The van der Waals surface area contributed by atoms with Gasteiger partial charge in [0, 0.05) is 12.7 Å². The third-order valence-electron chi connectivity index (χ3n) is 3.90. The number of anilines is 1. The second kappa shape index (κ2) is 6.03. The van der Waals surface area contributed by atoms with E-state index in [2.05, 4.69) is 10.4 Å². The normalized spacial score (nSPS) is 15.3. The Bertz CT molecular complexity index is 916. The molecule has 0 spiro atoms. The monoisotopic (exact) mass is 349 g/mol. The van der Waals surface area contributed by atoms with Crippen molar-refractivity contribution in [3.05, 3.63) is 40.6 Å². The summed E-state index contributed by atoms with van der Waals surface area (Å²) >= 11 is 0. The van der Waals surface area contributed by atoms with Gasteiger partial charge >= 0.3 is 0 Å². The number of aromatic nitrogens is 2. The molecule has 1 aromatic carbocycles. The van der Waals surface area contributed by atoms with Crippen molar-refractivity contribution in [1.29, 1.82) is 0 Å². The molecule has 0 aliphatic carbocycles. The lowest BCUT2D eigenvalue weighted by Gasteiger charge is -2.13. The molecule has 1 aliphatic rings. The number of rotatable bonds is 4. The first-order chi connectivity index (χ1) is 11.3. The van der Waals surface area contributed by atoms with E-state index in [4.69, 9.17) is 4.74 Å². The quantitative estimate of drug-likeness (QED) is 0.903. The highest BCUT2D eigenvalue weighted by Crippen LogP contribution is 2.33. The standard InChI is InChI=1S/C16H19N3O4S/c1-10-4-5-14(11(2)6-10)19-16(17-15(20)7-23-3)12-8-24(21,22)9-13(12)18-19/h4-6H,7-9H2,1-3H3,(H,17,20). The number of nitrogens with zero attached hydrogens (tertiary/aromatic N) is 2. The fourth-order valence-electron chi connectivity index (χ4n) is 2.89. The van der Waals surface area contributed by atoms with Gasteiger partial charge in [0.2, 0.25) is 0 Å². The molecule has 1 aromatic heterocycles. The smallest absolute Gasteiger partial charge is 0.251 e. The molecule has 0 fully saturated rings. The Kier molecular flexibility index (Phi) is 4.18. The van der Waals surface area contributed by atoms with Crippen molar-refractivity contribution < 1.29 is 17.9 Å². The lowest BCUT2D eigenvalue weighted by Crippen LogP contribution is -2.20. The highest BCUT2D eigenvalue weighted by Gasteiger charge is 2.33. The van der Waals surface area contributed by atoms with Crippen molar-refractivity contribution in [2.75, 3.05) is 19.0 Å². The summed E-state index contributed by atoms with van der Waals surface area (Å²) in [6, 6.07) is 5.87. The average Bonchev–Trinajstić information content (AvgIpc) is 2.93. The maximum absolute atomic E-state index is 12.0. The van der Waals surface area contributed by atoms with Crippen LogP contribution in [-0.4, -0.2) is 37.8 Å². The SMILES string of the molecule is COCC(=O)Nc1c2c(nn1-c1ccc(C)cc1C)CS(=O)(=O)C2. The van der Waals surface area contributed by atoms with Gasteiger partial charge in [-0.2, -0.15) is 5.10 Å². The Morgan fingerprint density at radius 1 is 1.33 bits per heavy atom. The minimum atomic E-state index is -3.21. The van der Waals surface area contributed by atoms with E-state index in [1.54, 1.807) is 4.68 Å². The Labute approximate surface area is 140 Å². The lowest BCUT2D eigenvalue weighted by molar-refractivity contribution is -0.119. The molecule has 0 unspecified atom stereocenters. The molecule has 24 heavy (non-hydrogen) atoms.